The molecule has 0 radical (unpaired) electrons. The summed E-state index contributed by atoms with van der Waals surface area (Å²) in [6.45, 7) is 2.25. The van der Waals surface area contributed by atoms with Gasteiger partial charge in [-0.1, -0.05) is 129 Å². The fourth-order valence-corrected chi connectivity index (χ4v) is 3.22. The first kappa shape index (κ1) is 34.1. The van der Waals surface area contributed by atoms with Crippen molar-refractivity contribution in [3.63, 3.8) is 0 Å². The molecule has 37 heavy (non-hydrogen) atoms. The second-order valence-corrected chi connectivity index (χ2v) is 8.74. The molecular weight excluding hydrogens is 452 g/mol. The average molecular weight is 505 g/mol. The molecule has 0 atom stereocenters. The van der Waals surface area contributed by atoms with Gasteiger partial charge in [0.1, 0.15) is 0 Å². The van der Waals surface area contributed by atoms with Gasteiger partial charge in [0.15, 0.2) is 0 Å². The quantitative estimate of drug-likeness (QED) is 0.0785. The first-order chi connectivity index (χ1) is 18.3. The Balaban J connectivity index is 3.58. The Morgan fingerprint density at radius 3 is 1.05 bits per heavy atom. The second kappa shape index (κ2) is 31.2. The molecule has 0 amide bonds. The van der Waals surface area contributed by atoms with Crippen molar-refractivity contribution in [3.8, 4) is 0 Å². The summed E-state index contributed by atoms with van der Waals surface area (Å²) in [6.07, 6.45) is 54.1. The predicted molar refractivity (Wildman–Crippen MR) is 165 cm³/mol. The van der Waals surface area contributed by atoms with Crippen LogP contribution in [0.5, 0.6) is 0 Å². The minimum absolute atomic E-state index is 0.155. The van der Waals surface area contributed by atoms with E-state index in [-0.39, 0.29) is 5.97 Å². The van der Waals surface area contributed by atoms with Crippen LogP contribution >= 0.6 is 0 Å². The van der Waals surface area contributed by atoms with Crippen molar-refractivity contribution in [2.45, 2.75) is 96.8 Å². The molecule has 0 unspecified atom stereocenters. The molecule has 0 spiro atoms. The molecule has 0 aromatic carbocycles. The third-order valence-electron chi connectivity index (χ3n) is 5.39. The fraction of sp³-hybridized carbons (Fsp3) is 0.457. The molecule has 0 aromatic heterocycles. The third kappa shape index (κ3) is 31.1. The lowest BCUT2D eigenvalue weighted by molar-refractivity contribution is -0.140. The molecule has 0 N–H and O–H groups in total. The summed E-state index contributed by atoms with van der Waals surface area (Å²) in [5, 5.41) is 0. The third-order valence-corrected chi connectivity index (χ3v) is 5.39. The van der Waals surface area contributed by atoms with Crippen molar-refractivity contribution in [3.05, 3.63) is 109 Å². The molecule has 0 saturated heterocycles. The maximum Gasteiger partial charge on any atom is 0.305 e. The summed E-state index contributed by atoms with van der Waals surface area (Å²) in [5.74, 6) is -0.155. The molecule has 0 aromatic rings. The zero-order chi connectivity index (χ0) is 26.9. The van der Waals surface area contributed by atoms with Gasteiger partial charge >= 0.3 is 5.97 Å². The molecule has 0 bridgehead atoms. The number of hydrogen-bond acceptors (Lipinski definition) is 2. The number of esters is 1. The van der Waals surface area contributed by atoms with E-state index in [1.807, 2.05) is 6.08 Å². The Labute approximate surface area is 228 Å². The van der Waals surface area contributed by atoms with Crippen molar-refractivity contribution in [2.75, 3.05) is 7.11 Å². The lowest BCUT2D eigenvalue weighted by atomic mass is 10.2. The summed E-state index contributed by atoms with van der Waals surface area (Å²) >= 11 is 0. The van der Waals surface area contributed by atoms with Gasteiger partial charge in [0.05, 0.1) is 7.11 Å². The smallest absolute Gasteiger partial charge is 0.305 e. The van der Waals surface area contributed by atoms with E-state index in [1.165, 1.54) is 32.8 Å². The zero-order valence-electron chi connectivity index (χ0n) is 23.6. The van der Waals surface area contributed by atoms with Crippen molar-refractivity contribution in [1.29, 1.82) is 0 Å². The van der Waals surface area contributed by atoms with Gasteiger partial charge in [0, 0.05) is 6.42 Å². The summed E-state index contributed by atoms with van der Waals surface area (Å²) < 4.78 is 4.61. The molecule has 204 valence electrons. The largest absolute Gasteiger partial charge is 0.469 e. The maximum absolute atomic E-state index is 11.0. The topological polar surface area (TPSA) is 26.3 Å². The molecule has 0 aliphatic heterocycles. The number of ether oxygens (including phenoxy) is 1. The molecule has 0 fully saturated rings. The number of methoxy groups -OCH3 is 1. The van der Waals surface area contributed by atoms with Gasteiger partial charge in [-0.2, -0.15) is 0 Å². The van der Waals surface area contributed by atoms with Crippen LogP contribution in [-0.4, -0.2) is 13.1 Å². The molecule has 0 aliphatic rings. The molecule has 0 heterocycles. The van der Waals surface area contributed by atoms with Crippen LogP contribution in [0.4, 0.5) is 0 Å². The van der Waals surface area contributed by atoms with Gasteiger partial charge in [-0.3, -0.25) is 4.79 Å². The van der Waals surface area contributed by atoms with Gasteiger partial charge in [-0.05, 0) is 70.6 Å². The number of hydrogen-bond donors (Lipinski definition) is 0. The summed E-state index contributed by atoms with van der Waals surface area (Å²) in [5.41, 5.74) is 0. The van der Waals surface area contributed by atoms with E-state index in [0.29, 0.717) is 6.42 Å². The molecule has 2 nitrogen and oxygen atoms in total. The van der Waals surface area contributed by atoms with Gasteiger partial charge in [0.25, 0.3) is 0 Å². The highest BCUT2D eigenvalue weighted by Gasteiger charge is 1.94. The van der Waals surface area contributed by atoms with E-state index in [1.54, 1.807) is 0 Å². The average Bonchev–Trinajstić information content (AvgIpc) is 2.91. The van der Waals surface area contributed by atoms with Crippen molar-refractivity contribution in [2.24, 2.45) is 0 Å². The maximum atomic E-state index is 11.0. The van der Waals surface area contributed by atoms with Gasteiger partial charge < -0.3 is 4.74 Å². The lowest BCUT2D eigenvalue weighted by Gasteiger charge is -1.93. The minimum atomic E-state index is -0.155. The van der Waals surface area contributed by atoms with Crippen LogP contribution in [0.25, 0.3) is 0 Å². The van der Waals surface area contributed by atoms with Gasteiger partial charge in [-0.15, -0.1) is 0 Å². The number of rotatable bonds is 23. The molecule has 0 aliphatic carbocycles. The monoisotopic (exact) mass is 504 g/mol. The summed E-state index contributed by atoms with van der Waals surface area (Å²) in [6, 6.07) is 0. The first-order valence-corrected chi connectivity index (χ1v) is 14.2. The summed E-state index contributed by atoms with van der Waals surface area (Å²) in [7, 11) is 1.42. The van der Waals surface area contributed by atoms with Crippen molar-refractivity contribution in [1.82, 2.24) is 0 Å². The van der Waals surface area contributed by atoms with E-state index >= 15 is 0 Å². The van der Waals surface area contributed by atoms with Crippen molar-refractivity contribution >= 4 is 5.97 Å². The molecule has 0 saturated carbocycles. The Morgan fingerprint density at radius 1 is 0.459 bits per heavy atom. The van der Waals surface area contributed by atoms with Crippen LogP contribution in [0, 0.1) is 0 Å². The standard InChI is InChI=1S/C35H52O2/c1-3-4-5-6-7-8-9-10-11-12-13-14-15-16-17-18-19-20-21-22-23-24-25-26-27-28-29-30-31-32-33-34-35(36)37-2/h7-8,10-11,13-14,16-17,19-20,22-23,25-26,28-29,31-32H,3-6,9,12,15,18,21,24,27,30,33-34H2,1-2H3. The fourth-order valence-electron chi connectivity index (χ4n) is 3.22. The number of unbranched alkanes of at least 4 members (excludes halogenated alkanes) is 3. The number of allylic oxidation sites excluding steroid dienone is 18. The van der Waals surface area contributed by atoms with Crippen LogP contribution in [0.15, 0.2) is 109 Å². The van der Waals surface area contributed by atoms with Crippen LogP contribution in [0.3, 0.4) is 0 Å². The molecule has 2 heteroatoms. The highest BCUT2D eigenvalue weighted by molar-refractivity contribution is 5.69. The number of carbonyl (C=O) groups excluding carboxylic acids is 1. The van der Waals surface area contributed by atoms with Crippen molar-refractivity contribution < 1.29 is 9.53 Å². The van der Waals surface area contributed by atoms with E-state index in [4.69, 9.17) is 0 Å². The molecule has 0 rings (SSSR count). The Hall–Kier alpha value is -2.87. The van der Waals surface area contributed by atoms with E-state index < -0.39 is 0 Å². The molecular formula is C35H52O2. The predicted octanol–water partition coefficient (Wildman–Crippen LogP) is 10.6. The van der Waals surface area contributed by atoms with E-state index in [9.17, 15) is 4.79 Å². The number of carbonyl (C=O) groups is 1. The Bertz CT molecular complexity index is 769. The SMILES string of the molecule is CCCCCC=CCC=CCC=CCC=CCC=CCC=CCC=CCC=CCC=CCCC(=O)OC. The van der Waals surface area contributed by atoms with E-state index in [0.717, 1.165) is 57.8 Å². The van der Waals surface area contributed by atoms with Crippen LogP contribution < -0.4 is 0 Å². The van der Waals surface area contributed by atoms with Gasteiger partial charge in [-0.25, -0.2) is 0 Å². The van der Waals surface area contributed by atoms with Gasteiger partial charge in [0.2, 0.25) is 0 Å². The Kier molecular flexibility index (Phi) is 28.7. The lowest BCUT2D eigenvalue weighted by Crippen LogP contribution is -1.97. The normalized spacial score (nSPS) is 13.2. The van der Waals surface area contributed by atoms with Crippen LogP contribution in [0.2, 0.25) is 0 Å². The zero-order valence-corrected chi connectivity index (χ0v) is 23.6. The first-order valence-electron chi connectivity index (χ1n) is 14.2. The van der Waals surface area contributed by atoms with Crippen LogP contribution in [0.1, 0.15) is 96.8 Å². The minimum Gasteiger partial charge on any atom is -0.469 e. The highest BCUT2D eigenvalue weighted by Crippen LogP contribution is 2.01. The van der Waals surface area contributed by atoms with E-state index in [2.05, 4.69) is 115 Å². The second-order valence-electron chi connectivity index (χ2n) is 8.74. The van der Waals surface area contributed by atoms with Crippen LogP contribution in [-0.2, 0) is 9.53 Å². The highest BCUT2D eigenvalue weighted by atomic mass is 16.5. The Morgan fingerprint density at radius 2 is 0.757 bits per heavy atom. The summed E-state index contributed by atoms with van der Waals surface area (Å²) in [4.78, 5) is 11.0.